The van der Waals surface area contributed by atoms with Crippen LogP contribution in [0.5, 0.6) is 0 Å². The van der Waals surface area contributed by atoms with E-state index in [4.69, 9.17) is 4.98 Å². The molecule has 1 fully saturated rings. The number of nitrogens with one attached hydrogen (secondary N) is 1. The average molecular weight is 368 g/mol. The number of carbonyl (C=O) groups excluding carboxylic acids is 1. The van der Waals surface area contributed by atoms with Gasteiger partial charge in [0.05, 0.1) is 0 Å². The molecule has 0 unspecified atom stereocenters. The highest BCUT2D eigenvalue weighted by Crippen LogP contribution is 2.26. The number of fused-ring (bicyclic) bond motifs is 1. The Bertz CT molecular complexity index is 802. The molecule has 1 aromatic carbocycles. The summed E-state index contributed by atoms with van der Waals surface area (Å²) in [5.74, 6) is 0.568. The number of hydrogen-bond donors (Lipinski definition) is 1. The van der Waals surface area contributed by atoms with E-state index in [1.807, 2.05) is 6.20 Å². The van der Waals surface area contributed by atoms with Gasteiger partial charge in [-0.2, -0.15) is 0 Å². The number of carbonyl (C=O) groups is 1. The first-order valence-electron chi connectivity index (χ1n) is 9.81. The van der Waals surface area contributed by atoms with Crippen molar-refractivity contribution in [3.63, 3.8) is 0 Å². The summed E-state index contributed by atoms with van der Waals surface area (Å²) in [6, 6.07) is 6.22. The van der Waals surface area contributed by atoms with Crippen LogP contribution in [-0.4, -0.2) is 29.0 Å². The summed E-state index contributed by atoms with van der Waals surface area (Å²) >= 11 is 0. The molecule has 4 rings (SSSR count). The van der Waals surface area contributed by atoms with Crippen LogP contribution in [-0.2, 0) is 24.2 Å². The van der Waals surface area contributed by atoms with E-state index in [2.05, 4.69) is 15.2 Å². The van der Waals surface area contributed by atoms with Crippen molar-refractivity contribution in [2.75, 3.05) is 18.0 Å². The summed E-state index contributed by atoms with van der Waals surface area (Å²) in [6.45, 7) is 2.49. The Kier molecular flexibility index (Phi) is 5.32. The number of aromatic nitrogens is 2. The summed E-state index contributed by atoms with van der Waals surface area (Å²) < 4.78 is 13.0. The Labute approximate surface area is 159 Å². The summed E-state index contributed by atoms with van der Waals surface area (Å²) in [6.07, 6.45) is 7.91. The maximum atomic E-state index is 13.0. The molecule has 27 heavy (non-hydrogen) atoms. The van der Waals surface area contributed by atoms with E-state index in [-0.39, 0.29) is 17.6 Å². The zero-order valence-electron chi connectivity index (χ0n) is 15.5. The van der Waals surface area contributed by atoms with Crippen molar-refractivity contribution in [1.29, 1.82) is 0 Å². The Morgan fingerprint density at radius 1 is 1.19 bits per heavy atom. The standard InChI is InChI=1S/C21H25FN4O/c22-18-7-4-15(5-8-18)13-23-20(27)16-6-9-19-17(12-16)14-24-21(25-19)26-10-2-1-3-11-26/h4-5,7-8,14,16H,1-3,6,9-13H2,(H,23,27)/t16-/m1/s1. The number of anilines is 1. The highest BCUT2D eigenvalue weighted by Gasteiger charge is 2.26. The van der Waals surface area contributed by atoms with Gasteiger partial charge in [-0.25, -0.2) is 14.4 Å². The van der Waals surface area contributed by atoms with Crippen molar-refractivity contribution in [1.82, 2.24) is 15.3 Å². The van der Waals surface area contributed by atoms with E-state index < -0.39 is 0 Å². The predicted molar refractivity (Wildman–Crippen MR) is 102 cm³/mol. The van der Waals surface area contributed by atoms with E-state index >= 15 is 0 Å². The van der Waals surface area contributed by atoms with Gasteiger partial charge < -0.3 is 10.2 Å². The van der Waals surface area contributed by atoms with Gasteiger partial charge in [-0.3, -0.25) is 4.79 Å². The molecule has 2 aliphatic rings. The molecule has 0 bridgehead atoms. The third-order valence-corrected chi connectivity index (χ3v) is 5.53. The monoisotopic (exact) mass is 368 g/mol. The van der Waals surface area contributed by atoms with E-state index in [9.17, 15) is 9.18 Å². The molecule has 0 saturated carbocycles. The van der Waals surface area contributed by atoms with Gasteiger partial charge in [0.25, 0.3) is 0 Å². The van der Waals surface area contributed by atoms with Gasteiger partial charge in [-0.15, -0.1) is 0 Å². The van der Waals surface area contributed by atoms with Gasteiger partial charge in [0, 0.05) is 37.4 Å². The van der Waals surface area contributed by atoms with Crippen molar-refractivity contribution in [3.8, 4) is 0 Å². The summed E-state index contributed by atoms with van der Waals surface area (Å²) in [5, 5.41) is 2.97. The summed E-state index contributed by atoms with van der Waals surface area (Å²) in [7, 11) is 0. The van der Waals surface area contributed by atoms with Gasteiger partial charge in [-0.1, -0.05) is 12.1 Å². The molecule has 0 radical (unpaired) electrons. The molecule has 2 heterocycles. The maximum Gasteiger partial charge on any atom is 0.225 e. The third kappa shape index (κ3) is 4.26. The largest absolute Gasteiger partial charge is 0.352 e. The van der Waals surface area contributed by atoms with Gasteiger partial charge >= 0.3 is 0 Å². The molecule has 0 spiro atoms. The van der Waals surface area contributed by atoms with Crippen LogP contribution in [0.4, 0.5) is 10.3 Å². The number of nitrogens with zero attached hydrogens (tertiary/aromatic N) is 3. The molecular weight excluding hydrogens is 343 g/mol. The minimum atomic E-state index is -0.266. The number of amides is 1. The van der Waals surface area contributed by atoms with Crippen LogP contribution < -0.4 is 10.2 Å². The molecule has 2 aromatic rings. The second-order valence-electron chi connectivity index (χ2n) is 7.47. The Morgan fingerprint density at radius 2 is 1.96 bits per heavy atom. The SMILES string of the molecule is O=C(NCc1ccc(F)cc1)[C@@H]1CCc2nc(N3CCCCC3)ncc2C1. The number of aryl methyl sites for hydroxylation is 1. The first kappa shape index (κ1) is 17.9. The molecule has 1 aromatic heterocycles. The molecule has 6 heteroatoms. The van der Waals surface area contributed by atoms with Gasteiger partial charge in [-0.05, 0) is 61.8 Å². The summed E-state index contributed by atoms with van der Waals surface area (Å²) in [5.41, 5.74) is 3.08. The third-order valence-electron chi connectivity index (χ3n) is 5.53. The number of halogens is 1. The van der Waals surface area contributed by atoms with Crippen LogP contribution in [0.25, 0.3) is 0 Å². The minimum Gasteiger partial charge on any atom is -0.352 e. The molecule has 5 nitrogen and oxygen atoms in total. The highest BCUT2D eigenvalue weighted by atomic mass is 19.1. The van der Waals surface area contributed by atoms with Gasteiger partial charge in [0.15, 0.2) is 0 Å². The molecule has 1 amide bonds. The normalized spacial score (nSPS) is 19.4. The quantitative estimate of drug-likeness (QED) is 0.901. The van der Waals surface area contributed by atoms with Crippen molar-refractivity contribution >= 4 is 11.9 Å². The van der Waals surface area contributed by atoms with E-state index in [1.165, 1.54) is 31.4 Å². The highest BCUT2D eigenvalue weighted by molar-refractivity contribution is 5.79. The van der Waals surface area contributed by atoms with E-state index in [0.717, 1.165) is 48.7 Å². The Hall–Kier alpha value is -2.50. The second-order valence-corrected chi connectivity index (χ2v) is 7.47. The first-order chi connectivity index (χ1) is 13.2. The van der Waals surface area contributed by atoms with Gasteiger partial charge in [0.2, 0.25) is 11.9 Å². The smallest absolute Gasteiger partial charge is 0.225 e. The Morgan fingerprint density at radius 3 is 2.74 bits per heavy atom. The fraction of sp³-hybridized carbons (Fsp3) is 0.476. The Balaban J connectivity index is 1.36. The van der Waals surface area contributed by atoms with Crippen molar-refractivity contribution in [2.45, 2.75) is 45.1 Å². The zero-order valence-corrected chi connectivity index (χ0v) is 15.5. The number of piperidine rings is 1. The van der Waals surface area contributed by atoms with Crippen LogP contribution in [0.15, 0.2) is 30.5 Å². The van der Waals surface area contributed by atoms with E-state index in [0.29, 0.717) is 13.0 Å². The van der Waals surface area contributed by atoms with Crippen LogP contribution in [0, 0.1) is 11.7 Å². The van der Waals surface area contributed by atoms with Crippen LogP contribution in [0.3, 0.4) is 0 Å². The lowest BCUT2D eigenvalue weighted by atomic mass is 9.86. The number of hydrogen-bond acceptors (Lipinski definition) is 4. The lowest BCUT2D eigenvalue weighted by Gasteiger charge is -2.28. The van der Waals surface area contributed by atoms with Crippen LogP contribution in [0.2, 0.25) is 0 Å². The van der Waals surface area contributed by atoms with Crippen LogP contribution >= 0.6 is 0 Å². The fourth-order valence-electron chi connectivity index (χ4n) is 3.90. The molecule has 1 N–H and O–H groups in total. The lowest BCUT2D eigenvalue weighted by molar-refractivity contribution is -0.125. The predicted octanol–water partition coefficient (Wildman–Crippen LogP) is 3.03. The van der Waals surface area contributed by atoms with Crippen molar-refractivity contribution in [2.24, 2.45) is 5.92 Å². The lowest BCUT2D eigenvalue weighted by Crippen LogP contribution is -2.35. The average Bonchev–Trinajstić information content (AvgIpc) is 2.73. The molecule has 142 valence electrons. The second kappa shape index (κ2) is 8.03. The molecular formula is C21H25FN4O. The van der Waals surface area contributed by atoms with Crippen LogP contribution in [0.1, 0.15) is 42.5 Å². The van der Waals surface area contributed by atoms with Gasteiger partial charge in [0.1, 0.15) is 5.82 Å². The zero-order chi connectivity index (χ0) is 18.6. The maximum absolute atomic E-state index is 13.0. The molecule has 1 saturated heterocycles. The number of benzene rings is 1. The number of rotatable bonds is 4. The van der Waals surface area contributed by atoms with E-state index in [1.54, 1.807) is 12.1 Å². The minimum absolute atomic E-state index is 0.0464. The van der Waals surface area contributed by atoms with Crippen molar-refractivity contribution < 1.29 is 9.18 Å². The first-order valence-corrected chi connectivity index (χ1v) is 9.81. The molecule has 1 atom stereocenters. The molecule has 1 aliphatic heterocycles. The molecule has 1 aliphatic carbocycles. The fourth-order valence-corrected chi connectivity index (χ4v) is 3.90. The topological polar surface area (TPSA) is 58.1 Å². The summed E-state index contributed by atoms with van der Waals surface area (Å²) in [4.78, 5) is 24.1. The van der Waals surface area contributed by atoms with Crippen molar-refractivity contribution in [3.05, 3.63) is 53.1 Å².